The van der Waals surface area contributed by atoms with Gasteiger partial charge in [-0.05, 0) is 96.9 Å². The monoisotopic (exact) mass is 422 g/mol. The van der Waals surface area contributed by atoms with Crippen LogP contribution in [-0.4, -0.2) is 0 Å². The largest absolute Gasteiger partial charge is 0.0990 e. The average molecular weight is 423 g/mol. The van der Waals surface area contributed by atoms with E-state index in [0.29, 0.717) is 17.8 Å². The highest BCUT2D eigenvalue weighted by atomic mass is 14.4. The lowest BCUT2D eigenvalue weighted by Crippen LogP contribution is -2.10. The number of hydrogen-bond donors (Lipinski definition) is 0. The van der Waals surface area contributed by atoms with E-state index in [2.05, 4.69) is 81.1 Å². The highest BCUT2D eigenvalue weighted by molar-refractivity contribution is 5.70. The summed E-state index contributed by atoms with van der Waals surface area (Å²) in [4.78, 5) is 0. The Labute approximate surface area is 195 Å². The fourth-order valence-corrected chi connectivity index (χ4v) is 6.09. The number of allylic oxidation sites excluding steroid dienone is 5. The quantitative estimate of drug-likeness (QED) is 0.390. The van der Waals surface area contributed by atoms with Gasteiger partial charge in [-0.15, -0.1) is 0 Å². The van der Waals surface area contributed by atoms with E-state index >= 15 is 0 Å². The first-order valence-corrected chi connectivity index (χ1v) is 13.0. The van der Waals surface area contributed by atoms with Gasteiger partial charge in [-0.3, -0.25) is 0 Å². The van der Waals surface area contributed by atoms with Gasteiger partial charge in [0, 0.05) is 5.92 Å². The summed E-state index contributed by atoms with van der Waals surface area (Å²) < 4.78 is 0. The molecule has 3 unspecified atom stereocenters. The smallest absolute Gasteiger partial charge is 0.00147 e. The van der Waals surface area contributed by atoms with Gasteiger partial charge in [0.25, 0.3) is 0 Å². The molecule has 5 rings (SSSR count). The Kier molecular flexibility index (Phi) is 6.22. The minimum absolute atomic E-state index is 0.543. The van der Waals surface area contributed by atoms with Crippen LogP contribution >= 0.6 is 0 Å². The van der Waals surface area contributed by atoms with Crippen molar-refractivity contribution >= 4 is 0 Å². The van der Waals surface area contributed by atoms with Gasteiger partial charge < -0.3 is 0 Å². The minimum Gasteiger partial charge on any atom is -0.0990 e. The fraction of sp³-hybridized carbons (Fsp3) is 0.438. The zero-order valence-corrected chi connectivity index (χ0v) is 19.9. The van der Waals surface area contributed by atoms with Crippen LogP contribution in [-0.2, 0) is 6.42 Å². The molecule has 0 radical (unpaired) electrons. The van der Waals surface area contributed by atoms with E-state index in [1.165, 1.54) is 54.4 Å². The summed E-state index contributed by atoms with van der Waals surface area (Å²) in [6.07, 6.45) is 17.2. The van der Waals surface area contributed by atoms with E-state index in [-0.39, 0.29) is 0 Å². The fourth-order valence-electron chi connectivity index (χ4n) is 6.09. The maximum Gasteiger partial charge on any atom is 0.00147 e. The first-order valence-electron chi connectivity index (χ1n) is 13.0. The van der Waals surface area contributed by atoms with Gasteiger partial charge >= 0.3 is 0 Å². The summed E-state index contributed by atoms with van der Waals surface area (Å²) in [5.41, 5.74) is 10.5. The lowest BCUT2D eigenvalue weighted by molar-refractivity contribution is 0.554. The molecule has 166 valence electrons. The standard InChI is InChI=1S/C32H38/c1-4-23-10-12-25(13-11-23)22(3)27-16-17-28(21-27)30-19-18-29(20-24(30)5-2)32-9-7-6-8-31(32)26-14-15-26/h6-12,18-20,25-28H,3-5,13-17,21H2,1-2H3. The van der Waals surface area contributed by atoms with Crippen molar-refractivity contribution in [3.63, 3.8) is 0 Å². The third-order valence-electron chi connectivity index (χ3n) is 8.27. The average Bonchev–Trinajstić information content (AvgIpc) is 3.59. The highest BCUT2D eigenvalue weighted by Crippen LogP contribution is 2.47. The molecule has 3 aliphatic carbocycles. The molecule has 2 saturated carbocycles. The number of rotatable bonds is 7. The second kappa shape index (κ2) is 9.26. The number of benzene rings is 2. The number of hydrogen-bond acceptors (Lipinski definition) is 0. The molecular weight excluding hydrogens is 384 g/mol. The summed E-state index contributed by atoms with van der Waals surface area (Å²) in [7, 11) is 0. The molecule has 0 nitrogen and oxygen atoms in total. The molecule has 3 atom stereocenters. The van der Waals surface area contributed by atoms with Crippen LogP contribution in [0.15, 0.2) is 78.4 Å². The summed E-state index contributed by atoms with van der Waals surface area (Å²) in [6.45, 7) is 9.16. The topological polar surface area (TPSA) is 0 Å². The Balaban J connectivity index is 1.32. The predicted octanol–water partition coefficient (Wildman–Crippen LogP) is 9.15. The van der Waals surface area contributed by atoms with Crippen LogP contribution in [0.5, 0.6) is 0 Å². The van der Waals surface area contributed by atoms with Crippen molar-refractivity contribution in [1.29, 1.82) is 0 Å². The van der Waals surface area contributed by atoms with Crippen LogP contribution in [0.3, 0.4) is 0 Å². The van der Waals surface area contributed by atoms with E-state index in [1.807, 2.05) is 0 Å². The van der Waals surface area contributed by atoms with Crippen molar-refractivity contribution in [2.75, 3.05) is 0 Å². The second-order valence-electron chi connectivity index (χ2n) is 10.2. The summed E-state index contributed by atoms with van der Waals surface area (Å²) in [5, 5.41) is 0. The normalized spacial score (nSPS) is 25.1. The lowest BCUT2D eigenvalue weighted by atomic mass is 9.81. The molecule has 2 aromatic rings. The van der Waals surface area contributed by atoms with E-state index in [9.17, 15) is 0 Å². The van der Waals surface area contributed by atoms with Crippen molar-refractivity contribution in [2.24, 2.45) is 11.8 Å². The Bertz CT molecular complexity index is 1050. The molecule has 0 aromatic heterocycles. The van der Waals surface area contributed by atoms with Crippen molar-refractivity contribution in [3.05, 3.63) is 95.1 Å². The molecule has 3 aliphatic rings. The van der Waals surface area contributed by atoms with Crippen LogP contribution < -0.4 is 0 Å². The zero-order valence-electron chi connectivity index (χ0n) is 19.9. The summed E-state index contributed by atoms with van der Waals surface area (Å²) in [6, 6.07) is 16.4. The highest BCUT2D eigenvalue weighted by Gasteiger charge is 2.31. The molecular formula is C32H38. The zero-order chi connectivity index (χ0) is 22.1. The van der Waals surface area contributed by atoms with Gasteiger partial charge in [-0.1, -0.05) is 92.3 Å². The molecule has 0 bridgehead atoms. The molecule has 32 heavy (non-hydrogen) atoms. The van der Waals surface area contributed by atoms with Gasteiger partial charge in [0.1, 0.15) is 0 Å². The summed E-state index contributed by atoms with van der Waals surface area (Å²) >= 11 is 0. The van der Waals surface area contributed by atoms with Crippen LogP contribution in [0, 0.1) is 11.8 Å². The molecule has 0 aliphatic heterocycles. The molecule has 0 spiro atoms. The first-order chi connectivity index (χ1) is 15.7. The third-order valence-corrected chi connectivity index (χ3v) is 8.27. The van der Waals surface area contributed by atoms with E-state index < -0.39 is 0 Å². The van der Waals surface area contributed by atoms with Gasteiger partial charge in [-0.2, -0.15) is 0 Å². The van der Waals surface area contributed by atoms with Crippen LogP contribution in [0.2, 0.25) is 0 Å². The molecule has 0 saturated heterocycles. The van der Waals surface area contributed by atoms with Crippen LogP contribution in [0.4, 0.5) is 0 Å². The predicted molar refractivity (Wildman–Crippen MR) is 138 cm³/mol. The Morgan fingerprint density at radius 2 is 1.72 bits per heavy atom. The summed E-state index contributed by atoms with van der Waals surface area (Å²) in [5.74, 6) is 2.69. The molecule has 0 heterocycles. The van der Waals surface area contributed by atoms with Crippen molar-refractivity contribution in [1.82, 2.24) is 0 Å². The van der Waals surface area contributed by atoms with Crippen LogP contribution in [0.25, 0.3) is 11.1 Å². The van der Waals surface area contributed by atoms with Gasteiger partial charge in [0.2, 0.25) is 0 Å². The second-order valence-corrected chi connectivity index (χ2v) is 10.2. The third kappa shape index (κ3) is 4.29. The maximum absolute atomic E-state index is 4.59. The Hall–Kier alpha value is -2.34. The van der Waals surface area contributed by atoms with E-state index in [1.54, 1.807) is 16.7 Å². The number of aryl methyl sites for hydroxylation is 1. The van der Waals surface area contributed by atoms with Gasteiger partial charge in [0.15, 0.2) is 0 Å². The lowest BCUT2D eigenvalue weighted by Gasteiger charge is -2.24. The molecule has 2 fully saturated rings. The van der Waals surface area contributed by atoms with Crippen LogP contribution in [0.1, 0.15) is 87.3 Å². The van der Waals surface area contributed by atoms with Gasteiger partial charge in [0.05, 0.1) is 0 Å². The molecule has 0 amide bonds. The Morgan fingerprint density at radius 1 is 0.906 bits per heavy atom. The molecule has 0 N–H and O–H groups in total. The molecule has 0 heteroatoms. The van der Waals surface area contributed by atoms with Crippen molar-refractivity contribution < 1.29 is 0 Å². The van der Waals surface area contributed by atoms with Gasteiger partial charge in [-0.25, -0.2) is 0 Å². The maximum atomic E-state index is 4.59. The van der Waals surface area contributed by atoms with E-state index in [4.69, 9.17) is 0 Å². The van der Waals surface area contributed by atoms with Crippen molar-refractivity contribution in [3.8, 4) is 11.1 Å². The first kappa shape index (κ1) is 21.5. The molecule has 2 aromatic carbocycles. The van der Waals surface area contributed by atoms with E-state index in [0.717, 1.165) is 25.2 Å². The minimum atomic E-state index is 0.543. The SMILES string of the molecule is C=C(C1C=CC(CC)=CC1)C1CCC(c2ccc(-c3ccccc3C3CC3)cc2CC)C1. The van der Waals surface area contributed by atoms with Crippen molar-refractivity contribution in [2.45, 2.75) is 77.0 Å². The Morgan fingerprint density at radius 3 is 2.44 bits per heavy atom.